The summed E-state index contributed by atoms with van der Waals surface area (Å²) in [5, 5.41) is 19.4. The molecule has 0 saturated heterocycles. The zero-order valence-corrected chi connectivity index (χ0v) is 12.1. The summed E-state index contributed by atoms with van der Waals surface area (Å²) in [6, 6.07) is 10.8. The number of hydrogen-bond acceptors (Lipinski definition) is 4. The van der Waals surface area contributed by atoms with Crippen molar-refractivity contribution in [3.05, 3.63) is 30.5 Å². The molecule has 21 heavy (non-hydrogen) atoms. The van der Waals surface area contributed by atoms with Crippen LogP contribution in [0.2, 0.25) is 0 Å². The summed E-state index contributed by atoms with van der Waals surface area (Å²) in [6.45, 7) is 0. The predicted molar refractivity (Wildman–Crippen MR) is 81.9 cm³/mol. The Kier molecular flexibility index (Phi) is 2.93. The van der Waals surface area contributed by atoms with Crippen molar-refractivity contribution in [3.8, 4) is 17.5 Å². The summed E-state index contributed by atoms with van der Waals surface area (Å²) < 4.78 is 2.19. The zero-order valence-electron chi connectivity index (χ0n) is 11.3. The van der Waals surface area contributed by atoms with Gasteiger partial charge in [0.05, 0.1) is 11.8 Å². The number of nitriles is 1. The molecule has 0 atom stereocenters. The average molecular weight is 295 g/mol. The van der Waals surface area contributed by atoms with Gasteiger partial charge in [0.1, 0.15) is 0 Å². The largest absolute Gasteiger partial charge is 0.360 e. The monoisotopic (exact) mass is 295 g/mol. The van der Waals surface area contributed by atoms with Crippen LogP contribution in [-0.2, 0) is 0 Å². The molecule has 0 unspecified atom stereocenters. The molecular weight excluding hydrogens is 282 g/mol. The first-order chi connectivity index (χ1) is 10.4. The molecule has 0 spiro atoms. The van der Waals surface area contributed by atoms with Crippen LogP contribution in [-0.4, -0.2) is 25.5 Å². The normalized spacial score (nSPS) is 14.4. The van der Waals surface area contributed by atoms with E-state index >= 15 is 0 Å². The van der Waals surface area contributed by atoms with Crippen LogP contribution in [0.3, 0.4) is 0 Å². The number of hydrogen-bond donors (Lipinski definition) is 1. The summed E-state index contributed by atoms with van der Waals surface area (Å²) in [5.41, 5.74) is 2.18. The van der Waals surface area contributed by atoms with Crippen molar-refractivity contribution in [1.29, 1.82) is 5.26 Å². The number of aromatic nitrogens is 4. The maximum Gasteiger partial charge on any atom is 0.192 e. The third kappa shape index (κ3) is 2.10. The summed E-state index contributed by atoms with van der Waals surface area (Å²) >= 11 is 1.46. The highest BCUT2D eigenvalue weighted by Gasteiger charge is 2.30. The minimum atomic E-state index is 0.402. The van der Waals surface area contributed by atoms with Gasteiger partial charge in [0.2, 0.25) is 0 Å². The van der Waals surface area contributed by atoms with Crippen molar-refractivity contribution >= 4 is 22.7 Å². The first-order valence-corrected chi connectivity index (χ1v) is 7.88. The molecule has 1 aromatic carbocycles. The van der Waals surface area contributed by atoms with Gasteiger partial charge in [0.25, 0.3) is 0 Å². The molecule has 0 bridgehead atoms. The van der Waals surface area contributed by atoms with Crippen molar-refractivity contribution in [1.82, 2.24) is 19.7 Å². The number of nitrogens with one attached hydrogen (secondary N) is 1. The number of rotatable bonds is 4. The van der Waals surface area contributed by atoms with E-state index in [1.165, 1.54) is 11.8 Å². The molecule has 1 aliphatic carbocycles. The molecule has 1 aliphatic rings. The van der Waals surface area contributed by atoms with Crippen molar-refractivity contribution in [2.75, 3.05) is 5.75 Å². The summed E-state index contributed by atoms with van der Waals surface area (Å²) in [6.07, 6.45) is 4.31. The molecule has 3 aromatic rings. The van der Waals surface area contributed by atoms with Gasteiger partial charge in [-0.2, -0.15) is 5.26 Å². The summed E-state index contributed by atoms with van der Waals surface area (Å²) in [4.78, 5) is 3.29. The first-order valence-electron chi connectivity index (χ1n) is 6.89. The number of H-pyrrole nitrogens is 1. The lowest BCUT2D eigenvalue weighted by atomic mass is 10.1. The van der Waals surface area contributed by atoms with E-state index in [9.17, 15) is 0 Å². The Balaban J connectivity index is 1.85. The molecule has 104 valence electrons. The van der Waals surface area contributed by atoms with Crippen molar-refractivity contribution in [2.45, 2.75) is 24.0 Å². The van der Waals surface area contributed by atoms with Gasteiger partial charge in [-0.25, -0.2) is 0 Å². The fraction of sp³-hybridized carbons (Fsp3) is 0.267. The van der Waals surface area contributed by atoms with Crippen molar-refractivity contribution in [2.24, 2.45) is 0 Å². The van der Waals surface area contributed by atoms with Crippen LogP contribution in [0.5, 0.6) is 0 Å². The molecule has 5 nitrogen and oxygen atoms in total. The SMILES string of the molecule is N#CCSc1nnc(-c2c[nH]c3ccccc23)n1C1CC1. The van der Waals surface area contributed by atoms with E-state index in [0.717, 1.165) is 40.3 Å². The molecule has 2 aromatic heterocycles. The topological polar surface area (TPSA) is 70.3 Å². The van der Waals surface area contributed by atoms with Gasteiger partial charge < -0.3 is 4.98 Å². The lowest BCUT2D eigenvalue weighted by Gasteiger charge is -2.07. The molecule has 6 heteroatoms. The lowest BCUT2D eigenvalue weighted by Crippen LogP contribution is -1.99. The Labute approximate surface area is 126 Å². The lowest BCUT2D eigenvalue weighted by molar-refractivity contribution is 0.670. The molecule has 0 aliphatic heterocycles. The molecule has 1 N–H and O–H groups in total. The Hall–Kier alpha value is -2.26. The highest BCUT2D eigenvalue weighted by molar-refractivity contribution is 7.99. The van der Waals surface area contributed by atoms with Gasteiger partial charge in [-0.3, -0.25) is 4.57 Å². The highest BCUT2D eigenvalue weighted by atomic mass is 32.2. The standard InChI is InChI=1S/C15H13N5S/c16-7-8-21-15-19-18-14(20(15)10-5-6-10)12-9-17-13-4-2-1-3-11(12)13/h1-4,9-10,17H,5-6,8H2. The Morgan fingerprint density at radius 2 is 2.19 bits per heavy atom. The van der Waals surface area contributed by atoms with Crippen LogP contribution in [0.4, 0.5) is 0 Å². The number of nitrogens with zero attached hydrogens (tertiary/aromatic N) is 4. The quantitative estimate of drug-likeness (QED) is 0.749. The van der Waals surface area contributed by atoms with E-state index < -0.39 is 0 Å². The minimum Gasteiger partial charge on any atom is -0.360 e. The Morgan fingerprint density at radius 1 is 1.33 bits per heavy atom. The van der Waals surface area contributed by atoms with Gasteiger partial charge in [-0.05, 0) is 18.9 Å². The van der Waals surface area contributed by atoms with E-state index in [2.05, 4.69) is 38.0 Å². The number of aromatic amines is 1. The van der Waals surface area contributed by atoms with Gasteiger partial charge in [0, 0.05) is 28.7 Å². The maximum atomic E-state index is 8.77. The fourth-order valence-corrected chi connectivity index (χ4v) is 3.24. The van der Waals surface area contributed by atoms with Crippen LogP contribution in [0, 0.1) is 11.3 Å². The molecule has 4 rings (SSSR count). The first kappa shape index (κ1) is 12.5. The van der Waals surface area contributed by atoms with Gasteiger partial charge in [-0.15, -0.1) is 10.2 Å². The van der Waals surface area contributed by atoms with E-state index in [0.29, 0.717) is 11.8 Å². The summed E-state index contributed by atoms with van der Waals surface area (Å²) in [5.74, 6) is 1.30. The van der Waals surface area contributed by atoms with Crippen LogP contribution in [0.25, 0.3) is 22.3 Å². The smallest absolute Gasteiger partial charge is 0.192 e. The number of benzene rings is 1. The summed E-state index contributed by atoms with van der Waals surface area (Å²) in [7, 11) is 0. The highest BCUT2D eigenvalue weighted by Crippen LogP contribution is 2.42. The number of thioether (sulfide) groups is 1. The third-order valence-electron chi connectivity index (χ3n) is 3.67. The van der Waals surface area contributed by atoms with Crippen LogP contribution < -0.4 is 0 Å². The van der Waals surface area contributed by atoms with Gasteiger partial charge in [0.15, 0.2) is 11.0 Å². The van der Waals surface area contributed by atoms with Crippen molar-refractivity contribution < 1.29 is 0 Å². The zero-order chi connectivity index (χ0) is 14.2. The molecule has 0 amide bonds. The number of para-hydroxylation sites is 1. The van der Waals surface area contributed by atoms with Crippen molar-refractivity contribution in [3.63, 3.8) is 0 Å². The van der Waals surface area contributed by atoms with Gasteiger partial charge in [-0.1, -0.05) is 30.0 Å². The molecule has 0 radical (unpaired) electrons. The van der Waals surface area contributed by atoms with E-state index in [1.54, 1.807) is 0 Å². The Morgan fingerprint density at radius 3 is 3.00 bits per heavy atom. The predicted octanol–water partition coefficient (Wildman–Crippen LogP) is 3.38. The molecule has 2 heterocycles. The maximum absolute atomic E-state index is 8.77. The van der Waals surface area contributed by atoms with E-state index in [1.807, 2.05) is 18.3 Å². The minimum absolute atomic E-state index is 0.402. The second kappa shape index (κ2) is 4.93. The van der Waals surface area contributed by atoms with Crippen LogP contribution in [0.15, 0.2) is 35.6 Å². The van der Waals surface area contributed by atoms with E-state index in [4.69, 9.17) is 5.26 Å². The van der Waals surface area contributed by atoms with Crippen LogP contribution >= 0.6 is 11.8 Å². The second-order valence-corrected chi connectivity index (χ2v) is 6.04. The Bertz CT molecular complexity index is 837. The van der Waals surface area contributed by atoms with Crippen LogP contribution in [0.1, 0.15) is 18.9 Å². The third-order valence-corrected chi connectivity index (χ3v) is 4.48. The van der Waals surface area contributed by atoms with Gasteiger partial charge >= 0.3 is 0 Å². The fourth-order valence-electron chi connectivity index (χ4n) is 2.57. The molecule has 1 saturated carbocycles. The molecule has 1 fully saturated rings. The number of fused-ring (bicyclic) bond motifs is 1. The average Bonchev–Trinajstić information content (AvgIpc) is 3.13. The molecular formula is C15H13N5S. The van der Waals surface area contributed by atoms with E-state index in [-0.39, 0.29) is 0 Å². The second-order valence-electron chi connectivity index (χ2n) is 5.10.